The minimum Gasteiger partial charge on any atom is -0.465 e. The Morgan fingerprint density at radius 3 is 2.62 bits per heavy atom. The average Bonchev–Trinajstić information content (AvgIpc) is 3.15. The maximum Gasteiger partial charge on any atom is 0.338 e. The Morgan fingerprint density at radius 1 is 1.10 bits per heavy atom. The number of nitro benzene ring substituents is 1. The standard InChI is InChI=1S/C20H13N3O5S/c1-28-19(25)13-8-12(9-14(10-13)23(26)27)18(24)22-20-21-17-15-5-3-2-4-11(15)6-7-16(17)29-20/h2-10H,1H3,(H,21,22,24). The Morgan fingerprint density at radius 2 is 1.86 bits per heavy atom. The van der Waals surface area contributed by atoms with E-state index >= 15 is 0 Å². The average molecular weight is 407 g/mol. The molecule has 0 unspecified atom stereocenters. The Bertz CT molecular complexity index is 1300. The zero-order chi connectivity index (χ0) is 20.5. The number of anilines is 1. The van der Waals surface area contributed by atoms with E-state index in [4.69, 9.17) is 0 Å². The van der Waals surface area contributed by atoms with E-state index in [2.05, 4.69) is 15.0 Å². The van der Waals surface area contributed by atoms with E-state index in [1.807, 2.05) is 36.4 Å². The highest BCUT2D eigenvalue weighted by molar-refractivity contribution is 7.22. The molecule has 1 heterocycles. The van der Waals surface area contributed by atoms with E-state index in [1.165, 1.54) is 17.4 Å². The van der Waals surface area contributed by atoms with Gasteiger partial charge in [0, 0.05) is 23.1 Å². The van der Waals surface area contributed by atoms with Gasteiger partial charge in [-0.05, 0) is 17.5 Å². The summed E-state index contributed by atoms with van der Waals surface area (Å²) in [6.45, 7) is 0. The van der Waals surface area contributed by atoms with Gasteiger partial charge in [-0.25, -0.2) is 9.78 Å². The van der Waals surface area contributed by atoms with Gasteiger partial charge in [-0.2, -0.15) is 0 Å². The molecule has 0 fully saturated rings. The van der Waals surface area contributed by atoms with Crippen LogP contribution in [0.4, 0.5) is 10.8 Å². The second-order valence-corrected chi connectivity index (χ2v) is 7.15. The summed E-state index contributed by atoms with van der Waals surface area (Å²) in [6, 6.07) is 15.1. The summed E-state index contributed by atoms with van der Waals surface area (Å²) in [5.41, 5.74) is 0.261. The molecular weight excluding hydrogens is 394 g/mol. The second kappa shape index (κ2) is 7.28. The number of nitrogens with zero attached hydrogens (tertiary/aromatic N) is 2. The van der Waals surface area contributed by atoms with Crippen LogP contribution in [0.15, 0.2) is 54.6 Å². The molecule has 4 aromatic rings. The molecule has 1 N–H and O–H groups in total. The van der Waals surface area contributed by atoms with E-state index in [9.17, 15) is 19.7 Å². The summed E-state index contributed by atoms with van der Waals surface area (Å²) < 4.78 is 5.50. The SMILES string of the molecule is COC(=O)c1cc(C(=O)Nc2nc3c(ccc4ccccc43)s2)cc([N+](=O)[O-])c1. The lowest BCUT2D eigenvalue weighted by molar-refractivity contribution is -0.384. The van der Waals surface area contributed by atoms with Crippen molar-refractivity contribution in [2.75, 3.05) is 12.4 Å². The van der Waals surface area contributed by atoms with E-state index in [1.54, 1.807) is 0 Å². The molecule has 0 aliphatic rings. The number of methoxy groups -OCH3 is 1. The number of carbonyl (C=O) groups is 2. The number of aromatic nitrogens is 1. The molecule has 0 spiro atoms. The van der Waals surface area contributed by atoms with Crippen LogP contribution in [0.25, 0.3) is 21.0 Å². The van der Waals surface area contributed by atoms with Crippen LogP contribution >= 0.6 is 11.3 Å². The molecule has 29 heavy (non-hydrogen) atoms. The number of ether oxygens (including phenoxy) is 1. The van der Waals surface area contributed by atoms with Crippen LogP contribution < -0.4 is 5.32 Å². The fourth-order valence-electron chi connectivity index (χ4n) is 2.97. The van der Waals surface area contributed by atoms with Gasteiger partial charge in [0.1, 0.15) is 0 Å². The number of amides is 1. The third-order valence-corrected chi connectivity index (χ3v) is 5.25. The molecule has 1 amide bonds. The summed E-state index contributed by atoms with van der Waals surface area (Å²) in [4.78, 5) is 39.4. The highest BCUT2D eigenvalue weighted by Crippen LogP contribution is 2.32. The van der Waals surface area contributed by atoms with E-state index < -0.39 is 16.8 Å². The maximum atomic E-state index is 12.7. The molecule has 3 aromatic carbocycles. The number of hydrogen-bond acceptors (Lipinski definition) is 7. The predicted molar refractivity (Wildman–Crippen MR) is 110 cm³/mol. The van der Waals surface area contributed by atoms with Gasteiger partial charge in [-0.1, -0.05) is 41.7 Å². The summed E-state index contributed by atoms with van der Waals surface area (Å²) in [5.74, 6) is -1.38. The molecule has 9 heteroatoms. The van der Waals surface area contributed by atoms with Crippen LogP contribution in [0, 0.1) is 10.1 Å². The van der Waals surface area contributed by atoms with Gasteiger partial charge in [0.15, 0.2) is 5.13 Å². The Kier molecular flexibility index (Phi) is 4.65. The molecule has 0 saturated carbocycles. The normalized spacial score (nSPS) is 10.8. The fourth-order valence-corrected chi connectivity index (χ4v) is 3.84. The minimum absolute atomic E-state index is 0.0382. The molecule has 4 rings (SSSR count). The fraction of sp³-hybridized carbons (Fsp3) is 0.0500. The molecule has 0 atom stereocenters. The molecule has 1 aromatic heterocycles. The highest BCUT2D eigenvalue weighted by atomic mass is 32.1. The number of nitro groups is 1. The van der Waals surface area contributed by atoms with Gasteiger partial charge in [0.25, 0.3) is 11.6 Å². The molecule has 0 aliphatic heterocycles. The Labute approximate surface area is 167 Å². The zero-order valence-electron chi connectivity index (χ0n) is 15.0. The van der Waals surface area contributed by atoms with Crippen LogP contribution in [0.1, 0.15) is 20.7 Å². The number of hydrogen-bond donors (Lipinski definition) is 1. The van der Waals surface area contributed by atoms with Crippen LogP contribution in [0.2, 0.25) is 0 Å². The largest absolute Gasteiger partial charge is 0.465 e. The Hall–Kier alpha value is -3.85. The van der Waals surface area contributed by atoms with Crippen molar-refractivity contribution in [3.05, 3.63) is 75.8 Å². The number of esters is 1. The van der Waals surface area contributed by atoms with Crippen molar-refractivity contribution >= 4 is 55.0 Å². The number of fused-ring (bicyclic) bond motifs is 3. The van der Waals surface area contributed by atoms with E-state index in [0.29, 0.717) is 5.13 Å². The minimum atomic E-state index is -0.769. The lowest BCUT2D eigenvalue weighted by Crippen LogP contribution is -2.13. The van der Waals surface area contributed by atoms with Crippen molar-refractivity contribution in [3.63, 3.8) is 0 Å². The highest BCUT2D eigenvalue weighted by Gasteiger charge is 2.19. The van der Waals surface area contributed by atoms with Gasteiger partial charge in [-0.3, -0.25) is 20.2 Å². The van der Waals surface area contributed by atoms with E-state index in [-0.39, 0.29) is 16.8 Å². The number of non-ortho nitro benzene ring substituents is 1. The first kappa shape index (κ1) is 18.5. The third kappa shape index (κ3) is 3.50. The van der Waals surface area contributed by atoms with Gasteiger partial charge < -0.3 is 4.74 Å². The number of carbonyl (C=O) groups excluding carboxylic acids is 2. The first-order valence-corrected chi connectivity index (χ1v) is 9.25. The van der Waals surface area contributed by atoms with Crippen molar-refractivity contribution in [2.45, 2.75) is 0 Å². The van der Waals surface area contributed by atoms with Gasteiger partial charge in [0.2, 0.25) is 0 Å². The molecule has 0 radical (unpaired) electrons. The predicted octanol–water partition coefficient (Wildman–Crippen LogP) is 4.40. The topological polar surface area (TPSA) is 111 Å². The van der Waals surface area contributed by atoms with E-state index in [0.717, 1.165) is 40.2 Å². The number of nitrogens with one attached hydrogen (secondary N) is 1. The van der Waals surface area contributed by atoms with Crippen LogP contribution in [0.5, 0.6) is 0 Å². The van der Waals surface area contributed by atoms with Gasteiger partial charge in [-0.15, -0.1) is 0 Å². The summed E-state index contributed by atoms with van der Waals surface area (Å²) in [5, 5.41) is 16.2. The molecule has 0 aliphatic carbocycles. The number of rotatable bonds is 4. The molecule has 0 saturated heterocycles. The molecule has 8 nitrogen and oxygen atoms in total. The number of benzene rings is 3. The zero-order valence-corrected chi connectivity index (χ0v) is 15.9. The maximum absolute atomic E-state index is 12.7. The van der Waals surface area contributed by atoms with Crippen molar-refractivity contribution in [1.82, 2.24) is 4.98 Å². The lowest BCUT2D eigenvalue weighted by atomic mass is 10.1. The van der Waals surface area contributed by atoms with Crippen molar-refractivity contribution in [2.24, 2.45) is 0 Å². The van der Waals surface area contributed by atoms with Crippen molar-refractivity contribution in [1.29, 1.82) is 0 Å². The number of thiazole rings is 1. The second-order valence-electron chi connectivity index (χ2n) is 6.12. The summed E-state index contributed by atoms with van der Waals surface area (Å²) in [7, 11) is 1.16. The quantitative estimate of drug-likeness (QED) is 0.305. The van der Waals surface area contributed by atoms with Crippen molar-refractivity contribution < 1.29 is 19.2 Å². The molecule has 144 valence electrons. The van der Waals surface area contributed by atoms with Crippen LogP contribution in [-0.2, 0) is 4.74 Å². The monoisotopic (exact) mass is 407 g/mol. The smallest absolute Gasteiger partial charge is 0.338 e. The summed E-state index contributed by atoms with van der Waals surface area (Å²) in [6.07, 6.45) is 0. The van der Waals surface area contributed by atoms with Crippen LogP contribution in [-0.4, -0.2) is 28.9 Å². The molecule has 0 bridgehead atoms. The summed E-state index contributed by atoms with van der Waals surface area (Å²) >= 11 is 1.29. The lowest BCUT2D eigenvalue weighted by Gasteiger charge is -2.05. The van der Waals surface area contributed by atoms with Crippen molar-refractivity contribution in [3.8, 4) is 0 Å². The van der Waals surface area contributed by atoms with Gasteiger partial charge >= 0.3 is 5.97 Å². The van der Waals surface area contributed by atoms with Crippen LogP contribution in [0.3, 0.4) is 0 Å². The Balaban J connectivity index is 1.70. The first-order valence-electron chi connectivity index (χ1n) is 8.43. The third-order valence-electron chi connectivity index (χ3n) is 4.32. The first-order chi connectivity index (χ1) is 14.0. The molecular formula is C20H13N3O5S. The van der Waals surface area contributed by atoms with Gasteiger partial charge in [0.05, 0.1) is 27.8 Å².